The molecule has 0 aliphatic carbocycles. The van der Waals surface area contributed by atoms with Crippen LogP contribution >= 0.6 is 38.9 Å². The minimum atomic E-state index is -4.52. The van der Waals surface area contributed by atoms with Gasteiger partial charge in [-0.1, -0.05) is 39.7 Å². The van der Waals surface area contributed by atoms with Gasteiger partial charge in [0.1, 0.15) is 6.07 Å². The van der Waals surface area contributed by atoms with Crippen molar-refractivity contribution in [3.8, 4) is 17.3 Å². The fraction of sp³-hybridized carbons (Fsp3) is 0.0556. The van der Waals surface area contributed by atoms with Gasteiger partial charge in [-0.2, -0.15) is 23.5 Å². The highest BCUT2D eigenvalue weighted by molar-refractivity contribution is 9.10. The van der Waals surface area contributed by atoms with Crippen molar-refractivity contribution in [1.29, 1.82) is 5.26 Å². The number of aromatic nitrogens is 1. The molecule has 0 fully saturated rings. The predicted octanol–water partition coefficient (Wildman–Crippen LogP) is 6.58. The Bertz CT molecular complexity index is 1090. The Kier molecular flexibility index (Phi) is 6.03. The number of nitriles is 1. The molecule has 28 heavy (non-hydrogen) atoms. The minimum Gasteiger partial charge on any atom is -0.276 e. The van der Waals surface area contributed by atoms with E-state index in [4.69, 9.17) is 11.6 Å². The van der Waals surface area contributed by atoms with Gasteiger partial charge in [0.2, 0.25) is 0 Å². The van der Waals surface area contributed by atoms with Gasteiger partial charge in [-0.25, -0.2) is 4.98 Å². The first kappa shape index (κ1) is 20.3. The van der Waals surface area contributed by atoms with Crippen LogP contribution < -0.4 is 5.43 Å². The average Bonchev–Trinajstić information content (AvgIpc) is 3.12. The molecule has 0 radical (unpaired) electrons. The van der Waals surface area contributed by atoms with Gasteiger partial charge >= 0.3 is 6.18 Å². The lowest BCUT2D eigenvalue weighted by Crippen LogP contribution is -2.06. The van der Waals surface area contributed by atoms with Crippen LogP contribution in [0.5, 0.6) is 0 Å². The zero-order chi connectivity index (χ0) is 20.3. The standard InChI is InChI=1S/C18H9BrClF3N4S/c19-12-3-1-2-10(6-12)16-9-28-17(25-16)15(8-24)27-26-14-7-11(18(21,22)23)4-5-13(14)20/h1-7,9,26H/b27-15+. The maximum Gasteiger partial charge on any atom is 0.416 e. The number of hydrogen-bond donors (Lipinski definition) is 1. The van der Waals surface area contributed by atoms with Crippen LogP contribution in [0.4, 0.5) is 18.9 Å². The molecule has 3 aromatic rings. The van der Waals surface area contributed by atoms with Crippen molar-refractivity contribution in [3.05, 3.63) is 67.9 Å². The van der Waals surface area contributed by atoms with E-state index in [1.54, 1.807) is 5.38 Å². The second-order valence-corrected chi connectivity index (χ2v) is 7.61. The van der Waals surface area contributed by atoms with E-state index in [1.807, 2.05) is 30.3 Å². The van der Waals surface area contributed by atoms with E-state index >= 15 is 0 Å². The third kappa shape index (κ3) is 4.70. The Morgan fingerprint density at radius 1 is 1.25 bits per heavy atom. The summed E-state index contributed by atoms with van der Waals surface area (Å²) in [6, 6.07) is 12.2. The number of anilines is 1. The third-order valence-corrected chi connectivity index (χ3v) is 5.19. The van der Waals surface area contributed by atoms with Gasteiger partial charge in [0.05, 0.1) is 22.0 Å². The molecule has 0 unspecified atom stereocenters. The number of benzene rings is 2. The largest absolute Gasteiger partial charge is 0.416 e. The van der Waals surface area contributed by atoms with Gasteiger partial charge in [0.15, 0.2) is 10.7 Å². The molecule has 0 atom stereocenters. The highest BCUT2D eigenvalue weighted by atomic mass is 79.9. The molecule has 1 aromatic heterocycles. The van der Waals surface area contributed by atoms with Crippen molar-refractivity contribution in [2.45, 2.75) is 6.18 Å². The van der Waals surface area contributed by atoms with Crippen LogP contribution in [0.3, 0.4) is 0 Å². The molecular weight excluding hydrogens is 477 g/mol. The molecule has 0 spiro atoms. The minimum absolute atomic E-state index is 0.0444. The Balaban J connectivity index is 1.87. The molecule has 0 aliphatic rings. The van der Waals surface area contributed by atoms with Crippen molar-refractivity contribution in [3.63, 3.8) is 0 Å². The van der Waals surface area contributed by atoms with E-state index in [0.29, 0.717) is 10.7 Å². The molecule has 1 heterocycles. The summed E-state index contributed by atoms with van der Waals surface area (Å²) in [5.74, 6) is 0. The van der Waals surface area contributed by atoms with Crippen LogP contribution in [0.25, 0.3) is 11.3 Å². The van der Waals surface area contributed by atoms with Gasteiger partial charge in [0, 0.05) is 15.4 Å². The van der Waals surface area contributed by atoms with Gasteiger partial charge in [-0.3, -0.25) is 5.43 Å². The molecule has 10 heteroatoms. The molecule has 0 aliphatic heterocycles. The van der Waals surface area contributed by atoms with Gasteiger partial charge in [-0.15, -0.1) is 11.3 Å². The van der Waals surface area contributed by atoms with Crippen molar-refractivity contribution < 1.29 is 13.2 Å². The first-order valence-electron chi connectivity index (χ1n) is 7.60. The van der Waals surface area contributed by atoms with Crippen LogP contribution in [0.15, 0.2) is 57.4 Å². The summed E-state index contributed by atoms with van der Waals surface area (Å²) in [6.45, 7) is 0. The summed E-state index contributed by atoms with van der Waals surface area (Å²) < 4.78 is 39.4. The number of hydrazone groups is 1. The van der Waals surface area contributed by atoms with Gasteiger partial charge in [-0.05, 0) is 30.3 Å². The highest BCUT2D eigenvalue weighted by Crippen LogP contribution is 2.34. The molecule has 2 aromatic carbocycles. The lowest BCUT2D eigenvalue weighted by molar-refractivity contribution is -0.137. The number of rotatable bonds is 4. The number of halogens is 5. The van der Waals surface area contributed by atoms with E-state index in [9.17, 15) is 18.4 Å². The fourth-order valence-electron chi connectivity index (χ4n) is 2.19. The van der Waals surface area contributed by atoms with Crippen molar-refractivity contribution >= 4 is 50.3 Å². The zero-order valence-electron chi connectivity index (χ0n) is 13.8. The smallest absolute Gasteiger partial charge is 0.276 e. The molecule has 1 N–H and O–H groups in total. The van der Waals surface area contributed by atoms with Gasteiger partial charge in [0.25, 0.3) is 0 Å². The van der Waals surface area contributed by atoms with Crippen LogP contribution in [0.1, 0.15) is 10.6 Å². The number of hydrogen-bond acceptors (Lipinski definition) is 5. The van der Waals surface area contributed by atoms with E-state index < -0.39 is 11.7 Å². The Hall–Kier alpha value is -2.41. The van der Waals surface area contributed by atoms with E-state index in [2.05, 4.69) is 31.4 Å². The second kappa shape index (κ2) is 8.31. The molecular formula is C18H9BrClF3N4S. The average molecular weight is 486 g/mol. The molecule has 0 amide bonds. The lowest BCUT2D eigenvalue weighted by Gasteiger charge is -2.10. The predicted molar refractivity (Wildman–Crippen MR) is 107 cm³/mol. The summed E-state index contributed by atoms with van der Waals surface area (Å²) in [6.07, 6.45) is -4.52. The maximum atomic E-state index is 12.9. The first-order chi connectivity index (χ1) is 13.3. The fourth-order valence-corrected chi connectivity index (χ4v) is 3.51. The van der Waals surface area contributed by atoms with Crippen molar-refractivity contribution in [2.24, 2.45) is 5.10 Å². The normalized spacial score (nSPS) is 11.9. The van der Waals surface area contributed by atoms with Crippen molar-refractivity contribution in [2.75, 3.05) is 5.43 Å². The Morgan fingerprint density at radius 3 is 2.71 bits per heavy atom. The summed E-state index contributed by atoms with van der Waals surface area (Å²) in [5.41, 5.74) is 2.92. The molecule has 142 valence electrons. The molecule has 3 rings (SSSR count). The van der Waals surface area contributed by atoms with E-state index in [1.165, 1.54) is 11.3 Å². The lowest BCUT2D eigenvalue weighted by atomic mass is 10.2. The van der Waals surface area contributed by atoms with Crippen LogP contribution in [-0.4, -0.2) is 10.7 Å². The first-order valence-corrected chi connectivity index (χ1v) is 9.65. The second-order valence-electron chi connectivity index (χ2n) is 5.42. The molecule has 0 saturated heterocycles. The number of thiazole rings is 1. The van der Waals surface area contributed by atoms with Crippen LogP contribution in [0, 0.1) is 11.3 Å². The number of alkyl halides is 3. The summed E-state index contributed by atoms with van der Waals surface area (Å²) in [5, 5.41) is 15.4. The maximum absolute atomic E-state index is 12.9. The quantitative estimate of drug-likeness (QED) is 0.335. The monoisotopic (exact) mass is 484 g/mol. The Morgan fingerprint density at radius 2 is 2.04 bits per heavy atom. The van der Waals surface area contributed by atoms with Crippen LogP contribution in [0.2, 0.25) is 5.02 Å². The molecule has 0 bridgehead atoms. The van der Waals surface area contributed by atoms with Crippen LogP contribution in [-0.2, 0) is 6.18 Å². The number of nitrogens with one attached hydrogen (secondary N) is 1. The zero-order valence-corrected chi connectivity index (χ0v) is 16.9. The van der Waals surface area contributed by atoms with Gasteiger partial charge < -0.3 is 0 Å². The summed E-state index contributed by atoms with van der Waals surface area (Å²) in [7, 11) is 0. The number of nitrogens with zero attached hydrogens (tertiary/aromatic N) is 3. The van der Waals surface area contributed by atoms with Crippen molar-refractivity contribution in [1.82, 2.24) is 4.98 Å². The molecule has 0 saturated carbocycles. The Labute approximate surface area is 175 Å². The topological polar surface area (TPSA) is 61.1 Å². The third-order valence-electron chi connectivity index (χ3n) is 3.51. The summed E-state index contributed by atoms with van der Waals surface area (Å²) in [4.78, 5) is 4.38. The van der Waals surface area contributed by atoms with E-state index in [-0.39, 0.29) is 16.4 Å². The SMILES string of the molecule is N#C/C(=N\Nc1cc(C(F)(F)F)ccc1Cl)c1nc(-c2cccc(Br)c2)cs1. The highest BCUT2D eigenvalue weighted by Gasteiger charge is 2.31. The summed E-state index contributed by atoms with van der Waals surface area (Å²) >= 11 is 10.5. The molecule has 4 nitrogen and oxygen atoms in total. The van der Waals surface area contributed by atoms with E-state index in [0.717, 1.165) is 28.2 Å².